The van der Waals surface area contributed by atoms with Gasteiger partial charge >= 0.3 is 0 Å². The van der Waals surface area contributed by atoms with E-state index in [9.17, 15) is 0 Å². The Balaban J connectivity index is 0.000000199. The van der Waals surface area contributed by atoms with Crippen molar-refractivity contribution in [3.05, 3.63) is 34.9 Å². The van der Waals surface area contributed by atoms with Crippen molar-refractivity contribution in [1.82, 2.24) is 10.6 Å². The second kappa shape index (κ2) is 8.96. The molecule has 0 radical (unpaired) electrons. The van der Waals surface area contributed by atoms with E-state index in [-0.39, 0.29) is 0 Å². The van der Waals surface area contributed by atoms with E-state index in [4.69, 9.17) is 0 Å². The third-order valence-electron chi connectivity index (χ3n) is 4.43. The Morgan fingerprint density at radius 3 is 2.14 bits per heavy atom. The lowest BCUT2D eigenvalue weighted by Gasteiger charge is -2.31. The molecule has 21 heavy (non-hydrogen) atoms. The summed E-state index contributed by atoms with van der Waals surface area (Å²) in [6.45, 7) is 4.49. The SMILES string of the molecule is C1=CC2=C(CC1)NC1=C(CCCC1)N2.CCCCCCC. The van der Waals surface area contributed by atoms with Crippen molar-refractivity contribution >= 4 is 0 Å². The number of rotatable bonds is 4. The first-order chi connectivity index (χ1) is 10.3. The first kappa shape index (κ1) is 16.2. The summed E-state index contributed by atoms with van der Waals surface area (Å²) in [5.41, 5.74) is 5.58. The Labute approximate surface area is 130 Å². The minimum absolute atomic E-state index is 1.16. The van der Waals surface area contributed by atoms with Crippen molar-refractivity contribution in [3.8, 4) is 0 Å². The molecule has 2 aliphatic carbocycles. The van der Waals surface area contributed by atoms with Gasteiger partial charge in [0.05, 0.1) is 5.70 Å². The lowest BCUT2D eigenvalue weighted by Crippen LogP contribution is -2.32. The molecule has 2 N–H and O–H groups in total. The molecule has 0 aromatic carbocycles. The van der Waals surface area contributed by atoms with E-state index in [1.54, 1.807) is 0 Å². The summed E-state index contributed by atoms with van der Waals surface area (Å²) < 4.78 is 0. The van der Waals surface area contributed by atoms with Crippen LogP contribution in [-0.4, -0.2) is 0 Å². The van der Waals surface area contributed by atoms with Gasteiger partial charge in [-0.3, -0.25) is 0 Å². The third-order valence-corrected chi connectivity index (χ3v) is 4.43. The molecule has 0 fully saturated rings. The highest BCUT2D eigenvalue weighted by molar-refractivity contribution is 5.38. The number of allylic oxidation sites excluding steroid dienone is 5. The number of nitrogens with one attached hydrogen (secondary N) is 2. The molecule has 3 aliphatic rings. The lowest BCUT2D eigenvalue weighted by molar-refractivity contribution is 0.581. The fourth-order valence-corrected chi connectivity index (χ4v) is 3.11. The monoisotopic (exact) mass is 288 g/mol. The van der Waals surface area contributed by atoms with Crippen molar-refractivity contribution < 1.29 is 0 Å². The lowest BCUT2D eigenvalue weighted by atomic mass is 9.96. The molecule has 118 valence electrons. The summed E-state index contributed by atoms with van der Waals surface area (Å²) in [5.74, 6) is 0. The minimum Gasteiger partial charge on any atom is -0.359 e. The van der Waals surface area contributed by atoms with Crippen molar-refractivity contribution in [1.29, 1.82) is 0 Å². The molecule has 0 saturated heterocycles. The molecule has 0 unspecified atom stereocenters. The van der Waals surface area contributed by atoms with E-state index < -0.39 is 0 Å². The normalized spacial score (nSPS) is 19.9. The molecule has 1 aliphatic heterocycles. The predicted octanol–water partition coefficient (Wildman–Crippen LogP) is 5.50. The van der Waals surface area contributed by atoms with Crippen LogP contribution in [0, 0.1) is 0 Å². The molecule has 0 atom stereocenters. The zero-order chi connectivity index (χ0) is 14.9. The topological polar surface area (TPSA) is 24.1 Å². The summed E-state index contributed by atoms with van der Waals surface area (Å²) in [6, 6.07) is 0. The van der Waals surface area contributed by atoms with E-state index in [1.807, 2.05) is 0 Å². The van der Waals surface area contributed by atoms with Gasteiger partial charge in [0, 0.05) is 17.1 Å². The fourth-order valence-electron chi connectivity index (χ4n) is 3.11. The van der Waals surface area contributed by atoms with Crippen molar-refractivity contribution in [2.24, 2.45) is 0 Å². The molecule has 0 spiro atoms. The third kappa shape index (κ3) is 4.94. The van der Waals surface area contributed by atoms with Gasteiger partial charge in [-0.2, -0.15) is 0 Å². The molecule has 0 bridgehead atoms. The fraction of sp³-hybridized carbons (Fsp3) is 0.684. The van der Waals surface area contributed by atoms with E-state index in [1.165, 1.54) is 87.0 Å². The maximum absolute atomic E-state index is 3.60. The van der Waals surface area contributed by atoms with Gasteiger partial charge in [0.15, 0.2) is 0 Å². The van der Waals surface area contributed by atoms with Crippen LogP contribution in [0.5, 0.6) is 0 Å². The van der Waals surface area contributed by atoms with E-state index in [2.05, 4.69) is 36.6 Å². The molecule has 2 heteroatoms. The standard InChI is InChI=1S/C12H16N2.C7H16/c1-2-6-10-9(5-1)13-11-7-3-4-8-12(11)14-10;1-3-5-7-6-4-2/h1,5,13-14H,2-4,6-8H2;3-7H2,1-2H3. The molecule has 3 rings (SSSR count). The zero-order valence-electron chi connectivity index (χ0n) is 13.9. The van der Waals surface area contributed by atoms with Crippen LogP contribution >= 0.6 is 0 Å². The van der Waals surface area contributed by atoms with Gasteiger partial charge < -0.3 is 10.6 Å². The first-order valence-electron chi connectivity index (χ1n) is 9.01. The number of hydrogen-bond donors (Lipinski definition) is 2. The Bertz CT molecular complexity index is 411. The van der Waals surface area contributed by atoms with E-state index in [0.717, 1.165) is 6.42 Å². The van der Waals surface area contributed by atoms with Gasteiger partial charge in [-0.1, -0.05) is 52.0 Å². The number of hydrogen-bond acceptors (Lipinski definition) is 2. The Morgan fingerprint density at radius 1 is 0.810 bits per heavy atom. The molecule has 1 heterocycles. The van der Waals surface area contributed by atoms with E-state index in [0.29, 0.717) is 0 Å². The quantitative estimate of drug-likeness (QED) is 0.667. The predicted molar refractivity (Wildman–Crippen MR) is 91.6 cm³/mol. The zero-order valence-corrected chi connectivity index (χ0v) is 13.9. The van der Waals surface area contributed by atoms with Gasteiger partial charge in [-0.15, -0.1) is 0 Å². The molecule has 2 nitrogen and oxygen atoms in total. The Kier molecular flexibility index (Phi) is 6.91. The van der Waals surface area contributed by atoms with Crippen molar-refractivity contribution in [2.45, 2.75) is 84.5 Å². The van der Waals surface area contributed by atoms with Gasteiger partial charge in [0.25, 0.3) is 0 Å². The highest BCUT2D eigenvalue weighted by atomic mass is 15.0. The summed E-state index contributed by atoms with van der Waals surface area (Å²) >= 11 is 0. The Hall–Kier alpha value is -1.18. The second-order valence-corrected chi connectivity index (χ2v) is 6.31. The maximum atomic E-state index is 3.60. The van der Waals surface area contributed by atoms with Gasteiger partial charge in [-0.05, 0) is 44.6 Å². The average molecular weight is 288 g/mol. The first-order valence-corrected chi connectivity index (χ1v) is 9.01. The van der Waals surface area contributed by atoms with Crippen LogP contribution in [0.1, 0.15) is 84.5 Å². The largest absolute Gasteiger partial charge is 0.359 e. The smallest absolute Gasteiger partial charge is 0.0575 e. The summed E-state index contributed by atoms with van der Waals surface area (Å²) in [6.07, 6.45) is 18.9. The minimum atomic E-state index is 1.16. The number of unbranched alkanes of at least 4 members (excludes halogenated alkanes) is 4. The van der Waals surface area contributed by atoms with Crippen LogP contribution in [0.25, 0.3) is 0 Å². The molecular weight excluding hydrogens is 256 g/mol. The molecule has 0 saturated carbocycles. The van der Waals surface area contributed by atoms with E-state index >= 15 is 0 Å². The summed E-state index contributed by atoms with van der Waals surface area (Å²) in [4.78, 5) is 0. The van der Waals surface area contributed by atoms with Gasteiger partial charge in [-0.25, -0.2) is 0 Å². The summed E-state index contributed by atoms with van der Waals surface area (Å²) in [7, 11) is 0. The van der Waals surface area contributed by atoms with Crippen LogP contribution in [0.3, 0.4) is 0 Å². The van der Waals surface area contributed by atoms with Gasteiger partial charge in [0.1, 0.15) is 0 Å². The highest BCUT2D eigenvalue weighted by Crippen LogP contribution is 2.29. The van der Waals surface area contributed by atoms with Crippen LogP contribution in [0.2, 0.25) is 0 Å². The summed E-state index contributed by atoms with van der Waals surface area (Å²) in [5, 5.41) is 7.17. The average Bonchev–Trinajstić information content (AvgIpc) is 2.54. The van der Waals surface area contributed by atoms with Crippen LogP contribution in [-0.2, 0) is 0 Å². The molecular formula is C19H32N2. The van der Waals surface area contributed by atoms with Crippen LogP contribution < -0.4 is 10.6 Å². The highest BCUT2D eigenvalue weighted by Gasteiger charge is 2.21. The van der Waals surface area contributed by atoms with Crippen molar-refractivity contribution in [2.75, 3.05) is 0 Å². The second-order valence-electron chi connectivity index (χ2n) is 6.31. The van der Waals surface area contributed by atoms with Gasteiger partial charge in [0.2, 0.25) is 0 Å². The Morgan fingerprint density at radius 2 is 1.48 bits per heavy atom. The molecule has 0 amide bonds. The van der Waals surface area contributed by atoms with Crippen molar-refractivity contribution in [3.63, 3.8) is 0 Å². The molecule has 0 aromatic heterocycles. The van der Waals surface area contributed by atoms with Crippen LogP contribution in [0.15, 0.2) is 34.9 Å². The molecule has 0 aromatic rings. The maximum Gasteiger partial charge on any atom is 0.0575 e. The van der Waals surface area contributed by atoms with Crippen LogP contribution in [0.4, 0.5) is 0 Å².